The van der Waals surface area contributed by atoms with Crippen LogP contribution >= 0.6 is 11.6 Å². The van der Waals surface area contributed by atoms with Gasteiger partial charge in [0.25, 0.3) is 5.91 Å². The van der Waals surface area contributed by atoms with Crippen molar-refractivity contribution >= 4 is 17.5 Å². The number of amides is 1. The van der Waals surface area contributed by atoms with E-state index in [4.69, 9.17) is 11.6 Å². The second-order valence-electron chi connectivity index (χ2n) is 4.42. The van der Waals surface area contributed by atoms with Gasteiger partial charge in [-0.05, 0) is 43.7 Å². The van der Waals surface area contributed by atoms with Gasteiger partial charge >= 0.3 is 0 Å². The van der Waals surface area contributed by atoms with Crippen LogP contribution in [-0.2, 0) is 0 Å². The van der Waals surface area contributed by atoms with Gasteiger partial charge in [0, 0.05) is 30.2 Å². The summed E-state index contributed by atoms with van der Waals surface area (Å²) >= 11 is 5.81. The van der Waals surface area contributed by atoms with Crippen molar-refractivity contribution in [3.05, 3.63) is 34.9 Å². The molecule has 1 atom stereocenters. The van der Waals surface area contributed by atoms with Gasteiger partial charge in [-0.25, -0.2) is 0 Å². The molecule has 1 heterocycles. The predicted molar refractivity (Wildman–Crippen MR) is 69.4 cm³/mol. The third kappa shape index (κ3) is 2.99. The normalized spacial score (nSPS) is 20.0. The maximum absolute atomic E-state index is 12.2. The van der Waals surface area contributed by atoms with Crippen molar-refractivity contribution in [2.75, 3.05) is 20.1 Å². The Hall–Kier alpha value is -1.06. The summed E-state index contributed by atoms with van der Waals surface area (Å²) in [4.78, 5) is 14.0. The molecule has 0 radical (unpaired) electrons. The summed E-state index contributed by atoms with van der Waals surface area (Å²) in [6.45, 7) is 1.94. The van der Waals surface area contributed by atoms with Gasteiger partial charge in [0.2, 0.25) is 0 Å². The first-order valence-corrected chi connectivity index (χ1v) is 6.30. The molecule has 1 saturated heterocycles. The molecule has 2 rings (SSSR count). The summed E-state index contributed by atoms with van der Waals surface area (Å²) in [6, 6.07) is 7.35. The minimum absolute atomic E-state index is 0.0652. The van der Waals surface area contributed by atoms with Crippen LogP contribution in [0.25, 0.3) is 0 Å². The van der Waals surface area contributed by atoms with Crippen LogP contribution < -0.4 is 5.32 Å². The average Bonchev–Trinajstić information content (AvgIpc) is 2.39. The molecular formula is C13H17ClN2O. The van der Waals surface area contributed by atoms with Gasteiger partial charge in [0.05, 0.1) is 0 Å². The van der Waals surface area contributed by atoms with Gasteiger partial charge in [-0.15, -0.1) is 0 Å². The third-order valence-electron chi connectivity index (χ3n) is 3.23. The minimum Gasteiger partial charge on any atom is -0.337 e. The van der Waals surface area contributed by atoms with Crippen LogP contribution in [-0.4, -0.2) is 37.0 Å². The zero-order chi connectivity index (χ0) is 12.3. The van der Waals surface area contributed by atoms with Gasteiger partial charge < -0.3 is 10.2 Å². The molecule has 17 heavy (non-hydrogen) atoms. The summed E-state index contributed by atoms with van der Waals surface area (Å²) in [7, 11) is 1.87. The number of likely N-dealkylation sites (N-methyl/N-ethyl adjacent to an activating group) is 1. The molecule has 4 heteroatoms. The van der Waals surface area contributed by atoms with Crippen molar-refractivity contribution in [2.45, 2.75) is 18.9 Å². The molecule has 0 saturated carbocycles. The Morgan fingerprint density at radius 1 is 1.41 bits per heavy atom. The first-order chi connectivity index (χ1) is 8.18. The molecule has 1 aliphatic heterocycles. The molecule has 1 unspecified atom stereocenters. The number of nitrogens with one attached hydrogen (secondary N) is 1. The Balaban J connectivity index is 2.05. The number of benzene rings is 1. The van der Waals surface area contributed by atoms with E-state index in [-0.39, 0.29) is 5.91 Å². The number of halogens is 1. The van der Waals surface area contributed by atoms with E-state index in [1.807, 2.05) is 11.9 Å². The van der Waals surface area contributed by atoms with Crippen LogP contribution in [0.15, 0.2) is 24.3 Å². The Labute approximate surface area is 107 Å². The van der Waals surface area contributed by atoms with Crippen molar-refractivity contribution < 1.29 is 4.79 Å². The van der Waals surface area contributed by atoms with Crippen LogP contribution in [0.4, 0.5) is 0 Å². The average molecular weight is 253 g/mol. The first kappa shape index (κ1) is 12.4. The van der Waals surface area contributed by atoms with Crippen molar-refractivity contribution in [3.63, 3.8) is 0 Å². The van der Waals surface area contributed by atoms with Crippen LogP contribution in [0.5, 0.6) is 0 Å². The van der Waals surface area contributed by atoms with Gasteiger partial charge in [-0.1, -0.05) is 11.6 Å². The SMILES string of the molecule is CN(C(=O)c1ccc(Cl)cc1)C1CCCNC1. The minimum atomic E-state index is 0.0652. The highest BCUT2D eigenvalue weighted by molar-refractivity contribution is 6.30. The monoisotopic (exact) mass is 252 g/mol. The van der Waals surface area contributed by atoms with Crippen molar-refractivity contribution in [3.8, 4) is 0 Å². The lowest BCUT2D eigenvalue weighted by Gasteiger charge is -2.31. The summed E-state index contributed by atoms with van der Waals surface area (Å²) in [6.07, 6.45) is 2.20. The molecule has 1 aliphatic rings. The van der Waals surface area contributed by atoms with E-state index in [0.29, 0.717) is 16.6 Å². The van der Waals surface area contributed by atoms with E-state index >= 15 is 0 Å². The Morgan fingerprint density at radius 3 is 2.71 bits per heavy atom. The van der Waals surface area contributed by atoms with Crippen LogP contribution in [0.3, 0.4) is 0 Å². The molecule has 0 bridgehead atoms. The summed E-state index contributed by atoms with van der Waals surface area (Å²) in [5, 5.41) is 3.97. The number of nitrogens with zero attached hydrogens (tertiary/aromatic N) is 1. The van der Waals surface area contributed by atoms with E-state index in [1.54, 1.807) is 24.3 Å². The molecule has 92 valence electrons. The lowest BCUT2D eigenvalue weighted by Crippen LogP contribution is -2.46. The quantitative estimate of drug-likeness (QED) is 0.875. The first-order valence-electron chi connectivity index (χ1n) is 5.92. The topological polar surface area (TPSA) is 32.3 Å². The molecule has 1 amide bonds. The largest absolute Gasteiger partial charge is 0.337 e. The molecule has 1 fully saturated rings. The Bertz CT molecular complexity index is 385. The van der Waals surface area contributed by atoms with Crippen molar-refractivity contribution in [1.29, 1.82) is 0 Å². The maximum atomic E-state index is 12.2. The highest BCUT2D eigenvalue weighted by Crippen LogP contribution is 2.14. The van der Waals surface area contributed by atoms with E-state index < -0.39 is 0 Å². The second-order valence-corrected chi connectivity index (χ2v) is 4.86. The molecule has 1 aromatic carbocycles. The second kappa shape index (κ2) is 5.52. The van der Waals surface area contributed by atoms with E-state index in [0.717, 1.165) is 25.9 Å². The summed E-state index contributed by atoms with van der Waals surface area (Å²) < 4.78 is 0. The van der Waals surface area contributed by atoms with Crippen LogP contribution in [0.2, 0.25) is 5.02 Å². The fourth-order valence-electron chi connectivity index (χ4n) is 2.13. The Morgan fingerprint density at radius 2 is 2.12 bits per heavy atom. The molecule has 1 N–H and O–H groups in total. The van der Waals surface area contributed by atoms with Gasteiger partial charge in [-0.3, -0.25) is 4.79 Å². The van der Waals surface area contributed by atoms with Crippen LogP contribution in [0.1, 0.15) is 23.2 Å². The number of rotatable bonds is 2. The lowest BCUT2D eigenvalue weighted by atomic mass is 10.1. The number of carbonyl (C=O) groups excluding carboxylic acids is 1. The van der Waals surface area contributed by atoms with E-state index in [9.17, 15) is 4.79 Å². The van der Waals surface area contributed by atoms with E-state index in [1.165, 1.54) is 0 Å². The molecule has 0 aromatic heterocycles. The molecule has 1 aromatic rings. The fourth-order valence-corrected chi connectivity index (χ4v) is 2.25. The zero-order valence-corrected chi connectivity index (χ0v) is 10.7. The standard InChI is InChI=1S/C13H17ClN2O/c1-16(12-3-2-8-15-9-12)13(17)10-4-6-11(14)7-5-10/h4-7,12,15H,2-3,8-9H2,1H3. The molecular weight excluding hydrogens is 236 g/mol. The summed E-state index contributed by atoms with van der Waals surface area (Å²) in [5.41, 5.74) is 0.697. The number of piperidine rings is 1. The fraction of sp³-hybridized carbons (Fsp3) is 0.462. The van der Waals surface area contributed by atoms with Gasteiger partial charge in [0.15, 0.2) is 0 Å². The maximum Gasteiger partial charge on any atom is 0.253 e. The van der Waals surface area contributed by atoms with Crippen LogP contribution in [0, 0.1) is 0 Å². The number of hydrogen-bond acceptors (Lipinski definition) is 2. The third-order valence-corrected chi connectivity index (χ3v) is 3.48. The lowest BCUT2D eigenvalue weighted by molar-refractivity contribution is 0.0708. The Kier molecular flexibility index (Phi) is 4.02. The molecule has 0 aliphatic carbocycles. The van der Waals surface area contributed by atoms with Gasteiger partial charge in [-0.2, -0.15) is 0 Å². The number of hydrogen-bond donors (Lipinski definition) is 1. The molecule has 0 spiro atoms. The van der Waals surface area contributed by atoms with E-state index in [2.05, 4.69) is 5.32 Å². The zero-order valence-electron chi connectivity index (χ0n) is 9.95. The highest BCUT2D eigenvalue weighted by atomic mass is 35.5. The molecule has 3 nitrogen and oxygen atoms in total. The predicted octanol–water partition coefficient (Wildman–Crippen LogP) is 2.16. The van der Waals surface area contributed by atoms with Crippen molar-refractivity contribution in [2.24, 2.45) is 0 Å². The summed E-state index contributed by atoms with van der Waals surface area (Å²) in [5.74, 6) is 0.0652. The van der Waals surface area contributed by atoms with Crippen molar-refractivity contribution in [1.82, 2.24) is 10.2 Å². The highest BCUT2D eigenvalue weighted by Gasteiger charge is 2.22. The smallest absolute Gasteiger partial charge is 0.253 e. The van der Waals surface area contributed by atoms with Gasteiger partial charge in [0.1, 0.15) is 0 Å². The number of carbonyl (C=O) groups is 1.